The van der Waals surface area contributed by atoms with Gasteiger partial charge in [-0.2, -0.15) is 0 Å². The first-order valence-corrected chi connectivity index (χ1v) is 6.82. The highest BCUT2D eigenvalue weighted by Gasteiger charge is 2.04. The molecule has 2 rings (SSSR count). The molecule has 0 amide bonds. The molecular formula is C14H13BrClNO2. The van der Waals surface area contributed by atoms with Gasteiger partial charge >= 0.3 is 0 Å². The minimum atomic E-state index is 0.109. The molecule has 0 saturated carbocycles. The molecule has 0 unspecified atom stereocenters. The van der Waals surface area contributed by atoms with E-state index in [9.17, 15) is 5.11 Å². The Bertz CT molecular complexity index is 590. The molecule has 0 aromatic heterocycles. The van der Waals surface area contributed by atoms with E-state index in [-0.39, 0.29) is 5.75 Å². The van der Waals surface area contributed by atoms with Gasteiger partial charge in [-0.05, 0) is 35.9 Å². The summed E-state index contributed by atoms with van der Waals surface area (Å²) in [4.78, 5) is 0. The van der Waals surface area contributed by atoms with Crippen LogP contribution in [0.4, 0.5) is 5.69 Å². The van der Waals surface area contributed by atoms with Crippen molar-refractivity contribution >= 4 is 33.2 Å². The third-order valence-electron chi connectivity index (χ3n) is 2.67. The number of anilines is 1. The van der Waals surface area contributed by atoms with E-state index in [1.54, 1.807) is 12.1 Å². The van der Waals surface area contributed by atoms with Crippen LogP contribution in [-0.2, 0) is 6.54 Å². The fraction of sp³-hybridized carbons (Fsp3) is 0.143. The molecule has 2 aromatic carbocycles. The van der Waals surface area contributed by atoms with Gasteiger partial charge in [-0.3, -0.25) is 0 Å². The summed E-state index contributed by atoms with van der Waals surface area (Å²) in [5, 5.41) is 13.6. The Kier molecular flexibility index (Phi) is 4.56. The Morgan fingerprint density at radius 2 is 2.05 bits per heavy atom. The second-order valence-electron chi connectivity index (χ2n) is 3.98. The van der Waals surface area contributed by atoms with E-state index in [0.29, 0.717) is 17.3 Å². The minimum absolute atomic E-state index is 0.109. The Hall–Kier alpha value is -1.39. The summed E-state index contributed by atoms with van der Waals surface area (Å²) in [6.45, 7) is 0.604. The van der Waals surface area contributed by atoms with E-state index in [4.69, 9.17) is 16.3 Å². The van der Waals surface area contributed by atoms with Crippen LogP contribution in [0.5, 0.6) is 11.5 Å². The zero-order valence-corrected chi connectivity index (χ0v) is 12.6. The van der Waals surface area contributed by atoms with Gasteiger partial charge in [0.05, 0.1) is 7.11 Å². The lowest BCUT2D eigenvalue weighted by Gasteiger charge is -2.10. The minimum Gasteiger partial charge on any atom is -0.504 e. The molecule has 0 fully saturated rings. The molecular weight excluding hydrogens is 330 g/mol. The monoisotopic (exact) mass is 341 g/mol. The van der Waals surface area contributed by atoms with Crippen molar-refractivity contribution in [1.29, 1.82) is 0 Å². The number of nitrogens with one attached hydrogen (secondary N) is 1. The quantitative estimate of drug-likeness (QED) is 0.863. The molecule has 0 bridgehead atoms. The van der Waals surface area contributed by atoms with Gasteiger partial charge in [0, 0.05) is 27.8 Å². The van der Waals surface area contributed by atoms with E-state index in [2.05, 4.69) is 21.2 Å². The van der Waals surface area contributed by atoms with Crippen molar-refractivity contribution in [2.24, 2.45) is 0 Å². The van der Waals surface area contributed by atoms with Crippen LogP contribution < -0.4 is 10.1 Å². The molecule has 100 valence electrons. The van der Waals surface area contributed by atoms with Crippen LogP contribution in [0.3, 0.4) is 0 Å². The van der Waals surface area contributed by atoms with Crippen molar-refractivity contribution in [3.8, 4) is 11.5 Å². The summed E-state index contributed by atoms with van der Waals surface area (Å²) in [6, 6.07) is 10.8. The summed E-state index contributed by atoms with van der Waals surface area (Å²) in [7, 11) is 1.52. The van der Waals surface area contributed by atoms with Crippen molar-refractivity contribution in [3.63, 3.8) is 0 Å². The number of methoxy groups -OCH3 is 1. The Morgan fingerprint density at radius 1 is 1.26 bits per heavy atom. The van der Waals surface area contributed by atoms with E-state index in [0.717, 1.165) is 15.7 Å². The summed E-state index contributed by atoms with van der Waals surface area (Å²) in [6.07, 6.45) is 0. The maximum Gasteiger partial charge on any atom is 0.160 e. The number of phenolic OH excluding ortho intramolecular Hbond substituents is 1. The SMILES string of the molecule is COc1ccc(NCc2cc(Cl)ccc2Br)cc1O. The van der Waals surface area contributed by atoms with Crippen LogP contribution in [0.1, 0.15) is 5.56 Å². The molecule has 0 aliphatic heterocycles. The van der Waals surface area contributed by atoms with E-state index >= 15 is 0 Å². The lowest BCUT2D eigenvalue weighted by molar-refractivity contribution is 0.373. The molecule has 0 aliphatic carbocycles. The summed E-state index contributed by atoms with van der Waals surface area (Å²) in [5.74, 6) is 0.562. The first kappa shape index (κ1) is 14.0. The molecule has 0 spiro atoms. The van der Waals surface area contributed by atoms with E-state index in [1.807, 2.05) is 24.3 Å². The van der Waals surface area contributed by atoms with Gasteiger partial charge in [0.2, 0.25) is 0 Å². The highest BCUT2D eigenvalue weighted by atomic mass is 79.9. The summed E-state index contributed by atoms with van der Waals surface area (Å²) >= 11 is 9.43. The van der Waals surface area contributed by atoms with Crippen LogP contribution >= 0.6 is 27.5 Å². The van der Waals surface area contributed by atoms with Gasteiger partial charge in [-0.15, -0.1) is 0 Å². The predicted molar refractivity (Wildman–Crippen MR) is 81.1 cm³/mol. The average molecular weight is 343 g/mol. The first-order chi connectivity index (χ1) is 9.10. The molecule has 0 radical (unpaired) electrons. The summed E-state index contributed by atoms with van der Waals surface area (Å²) in [5.41, 5.74) is 1.85. The lowest BCUT2D eigenvalue weighted by atomic mass is 10.2. The smallest absolute Gasteiger partial charge is 0.160 e. The number of halogens is 2. The topological polar surface area (TPSA) is 41.5 Å². The second kappa shape index (κ2) is 6.17. The molecule has 3 nitrogen and oxygen atoms in total. The van der Waals surface area contributed by atoms with Crippen LogP contribution in [0, 0.1) is 0 Å². The molecule has 19 heavy (non-hydrogen) atoms. The molecule has 0 saturated heterocycles. The van der Waals surface area contributed by atoms with Crippen molar-refractivity contribution in [2.45, 2.75) is 6.54 Å². The maximum absolute atomic E-state index is 9.69. The zero-order valence-electron chi connectivity index (χ0n) is 10.3. The van der Waals surface area contributed by atoms with Crippen molar-refractivity contribution in [1.82, 2.24) is 0 Å². The van der Waals surface area contributed by atoms with E-state index < -0.39 is 0 Å². The number of rotatable bonds is 4. The van der Waals surface area contributed by atoms with Gasteiger partial charge in [0.15, 0.2) is 11.5 Å². The molecule has 0 atom stereocenters. The number of hydrogen-bond donors (Lipinski definition) is 2. The zero-order chi connectivity index (χ0) is 13.8. The molecule has 2 aromatic rings. The van der Waals surface area contributed by atoms with Crippen molar-refractivity contribution < 1.29 is 9.84 Å². The number of aromatic hydroxyl groups is 1. The Labute approximate surface area is 125 Å². The third-order valence-corrected chi connectivity index (χ3v) is 3.68. The number of benzene rings is 2. The van der Waals surface area contributed by atoms with Gasteiger partial charge in [0.25, 0.3) is 0 Å². The van der Waals surface area contributed by atoms with E-state index in [1.165, 1.54) is 7.11 Å². The van der Waals surface area contributed by atoms with Gasteiger partial charge < -0.3 is 15.2 Å². The van der Waals surface area contributed by atoms with Crippen molar-refractivity contribution in [2.75, 3.05) is 12.4 Å². The van der Waals surface area contributed by atoms with Gasteiger partial charge in [-0.25, -0.2) is 0 Å². The standard InChI is InChI=1S/C14H13BrClNO2/c1-19-14-5-3-11(7-13(14)18)17-8-9-6-10(16)2-4-12(9)15/h2-7,17-18H,8H2,1H3. The van der Waals surface area contributed by atoms with Crippen LogP contribution in [0.2, 0.25) is 5.02 Å². The normalized spacial score (nSPS) is 10.3. The maximum atomic E-state index is 9.69. The average Bonchev–Trinajstić information content (AvgIpc) is 2.40. The van der Waals surface area contributed by atoms with Crippen LogP contribution in [0.15, 0.2) is 40.9 Å². The molecule has 5 heteroatoms. The number of ether oxygens (including phenoxy) is 1. The Balaban J connectivity index is 2.10. The van der Waals surface area contributed by atoms with Crippen LogP contribution in [-0.4, -0.2) is 12.2 Å². The second-order valence-corrected chi connectivity index (χ2v) is 5.27. The molecule has 0 heterocycles. The van der Waals surface area contributed by atoms with Gasteiger partial charge in [-0.1, -0.05) is 27.5 Å². The number of hydrogen-bond acceptors (Lipinski definition) is 3. The third kappa shape index (κ3) is 3.55. The van der Waals surface area contributed by atoms with Crippen molar-refractivity contribution in [3.05, 3.63) is 51.5 Å². The largest absolute Gasteiger partial charge is 0.504 e. The predicted octanol–water partition coefficient (Wildman–Crippen LogP) is 4.43. The molecule has 2 N–H and O–H groups in total. The number of phenols is 1. The molecule has 0 aliphatic rings. The fourth-order valence-corrected chi connectivity index (χ4v) is 2.26. The summed E-state index contributed by atoms with van der Waals surface area (Å²) < 4.78 is 5.98. The fourth-order valence-electron chi connectivity index (χ4n) is 1.68. The highest BCUT2D eigenvalue weighted by molar-refractivity contribution is 9.10. The highest BCUT2D eigenvalue weighted by Crippen LogP contribution is 2.29. The van der Waals surface area contributed by atoms with Crippen LogP contribution in [0.25, 0.3) is 0 Å². The van der Waals surface area contributed by atoms with Gasteiger partial charge in [0.1, 0.15) is 0 Å². The lowest BCUT2D eigenvalue weighted by Crippen LogP contribution is -2.00. The Morgan fingerprint density at radius 3 is 2.74 bits per heavy atom. The first-order valence-electron chi connectivity index (χ1n) is 5.65.